The van der Waals surface area contributed by atoms with Crippen LogP contribution >= 0.6 is 24.0 Å². The monoisotopic (exact) mass is 238 g/mol. The number of hydrogen-bond donors (Lipinski definition) is 1. The molecule has 1 fully saturated rings. The Kier molecular flexibility index (Phi) is 2.98. The van der Waals surface area contributed by atoms with Gasteiger partial charge in [0.1, 0.15) is 4.75 Å². The molecule has 2 nitrogen and oxygen atoms in total. The maximum absolute atomic E-state index is 5.87. The average molecular weight is 238 g/mol. The molecule has 1 saturated heterocycles. The summed E-state index contributed by atoms with van der Waals surface area (Å²) in [5.74, 6) is 1.12. The summed E-state index contributed by atoms with van der Waals surface area (Å²) in [6, 6.07) is 4.12. The summed E-state index contributed by atoms with van der Waals surface area (Å²) >= 11 is 7.03. The minimum Gasteiger partial charge on any atom is -0.392 e. The lowest BCUT2D eigenvalue weighted by molar-refractivity contribution is 0.721. The van der Waals surface area contributed by atoms with Gasteiger partial charge in [-0.15, -0.1) is 11.8 Å². The van der Waals surface area contributed by atoms with Crippen molar-refractivity contribution in [2.45, 2.75) is 24.5 Å². The zero-order chi connectivity index (χ0) is 10.9. The van der Waals surface area contributed by atoms with Crippen LogP contribution in [0.15, 0.2) is 18.3 Å². The minimum atomic E-state index is -0.205. The van der Waals surface area contributed by atoms with Crippen molar-refractivity contribution in [3.05, 3.63) is 29.6 Å². The Labute approximate surface area is 99.7 Å². The number of pyridine rings is 1. The van der Waals surface area contributed by atoms with Gasteiger partial charge >= 0.3 is 0 Å². The largest absolute Gasteiger partial charge is 0.392 e. The van der Waals surface area contributed by atoms with E-state index in [0.29, 0.717) is 4.99 Å². The quantitative estimate of drug-likeness (QED) is 0.803. The number of rotatable bonds is 2. The number of aromatic nitrogens is 1. The van der Waals surface area contributed by atoms with E-state index < -0.39 is 0 Å². The number of aryl methyl sites for hydroxylation is 1. The number of thiocarbonyl (C=S) groups is 1. The Balaban J connectivity index is 2.41. The molecule has 1 aromatic rings. The molecule has 1 unspecified atom stereocenters. The van der Waals surface area contributed by atoms with E-state index in [-0.39, 0.29) is 4.75 Å². The van der Waals surface area contributed by atoms with Crippen LogP contribution in [0.4, 0.5) is 0 Å². The maximum Gasteiger partial charge on any atom is 0.108 e. The molecule has 1 aliphatic rings. The van der Waals surface area contributed by atoms with Crippen LogP contribution in [-0.2, 0) is 4.75 Å². The van der Waals surface area contributed by atoms with E-state index >= 15 is 0 Å². The molecule has 2 N–H and O–H groups in total. The fraction of sp³-hybridized carbons (Fsp3) is 0.455. The summed E-state index contributed by atoms with van der Waals surface area (Å²) in [6.45, 7) is 2.03. The van der Waals surface area contributed by atoms with E-state index in [1.165, 1.54) is 5.56 Å². The Morgan fingerprint density at radius 2 is 2.40 bits per heavy atom. The smallest absolute Gasteiger partial charge is 0.108 e. The summed E-state index contributed by atoms with van der Waals surface area (Å²) in [4.78, 5) is 5.04. The molecule has 15 heavy (non-hydrogen) atoms. The molecule has 0 saturated carbocycles. The first-order chi connectivity index (χ1) is 7.15. The Hall–Kier alpha value is -0.610. The molecule has 1 aliphatic heterocycles. The van der Waals surface area contributed by atoms with Crippen LogP contribution in [0.3, 0.4) is 0 Å². The van der Waals surface area contributed by atoms with E-state index in [4.69, 9.17) is 18.0 Å². The van der Waals surface area contributed by atoms with E-state index in [1.807, 2.05) is 30.9 Å². The van der Waals surface area contributed by atoms with E-state index in [2.05, 4.69) is 11.1 Å². The molecule has 2 heterocycles. The van der Waals surface area contributed by atoms with Gasteiger partial charge < -0.3 is 5.73 Å². The van der Waals surface area contributed by atoms with Crippen molar-refractivity contribution in [3.8, 4) is 0 Å². The molecular weight excluding hydrogens is 224 g/mol. The zero-order valence-corrected chi connectivity index (χ0v) is 10.3. The molecule has 0 spiro atoms. The summed E-state index contributed by atoms with van der Waals surface area (Å²) in [7, 11) is 0. The van der Waals surface area contributed by atoms with Gasteiger partial charge in [-0.1, -0.05) is 18.3 Å². The van der Waals surface area contributed by atoms with E-state index in [9.17, 15) is 0 Å². The third kappa shape index (κ3) is 1.88. The second-order valence-corrected chi connectivity index (χ2v) is 5.70. The molecule has 1 aromatic heterocycles. The lowest BCUT2D eigenvalue weighted by Crippen LogP contribution is -2.35. The second kappa shape index (κ2) is 4.10. The molecule has 1 atom stereocenters. The fourth-order valence-electron chi connectivity index (χ4n) is 1.87. The van der Waals surface area contributed by atoms with Gasteiger partial charge in [-0.25, -0.2) is 0 Å². The molecule has 0 aliphatic carbocycles. The van der Waals surface area contributed by atoms with Gasteiger partial charge in [0, 0.05) is 6.20 Å². The van der Waals surface area contributed by atoms with Gasteiger partial charge in [0.2, 0.25) is 0 Å². The Morgan fingerprint density at radius 1 is 1.60 bits per heavy atom. The third-order valence-corrected chi connectivity index (χ3v) is 4.84. The van der Waals surface area contributed by atoms with E-state index in [0.717, 1.165) is 24.3 Å². The lowest BCUT2D eigenvalue weighted by Gasteiger charge is -2.26. The van der Waals surface area contributed by atoms with Gasteiger partial charge in [-0.2, -0.15) is 0 Å². The first-order valence-corrected chi connectivity index (χ1v) is 6.41. The highest BCUT2D eigenvalue weighted by molar-refractivity contribution is 8.02. The van der Waals surface area contributed by atoms with E-state index in [1.54, 1.807) is 0 Å². The predicted molar refractivity (Wildman–Crippen MR) is 69.1 cm³/mol. The second-order valence-electron chi connectivity index (χ2n) is 3.86. The maximum atomic E-state index is 5.87. The molecular formula is C11H14N2S2. The molecule has 0 radical (unpaired) electrons. The van der Waals surface area contributed by atoms with Gasteiger partial charge in [0.25, 0.3) is 0 Å². The van der Waals surface area contributed by atoms with Crippen LogP contribution in [0.1, 0.15) is 24.1 Å². The van der Waals surface area contributed by atoms with Crippen LogP contribution in [0.5, 0.6) is 0 Å². The van der Waals surface area contributed by atoms with Crippen LogP contribution in [-0.4, -0.2) is 15.7 Å². The zero-order valence-electron chi connectivity index (χ0n) is 8.69. The predicted octanol–water partition coefficient (Wildman–Crippen LogP) is 2.40. The third-order valence-electron chi connectivity index (χ3n) is 2.74. The van der Waals surface area contributed by atoms with Crippen LogP contribution in [0, 0.1) is 6.92 Å². The first-order valence-electron chi connectivity index (χ1n) is 5.02. The molecule has 4 heteroatoms. The fourth-order valence-corrected chi connectivity index (χ4v) is 3.59. The number of nitrogens with two attached hydrogens (primary N) is 1. The highest BCUT2D eigenvalue weighted by Gasteiger charge is 2.40. The molecule has 0 amide bonds. The topological polar surface area (TPSA) is 38.9 Å². The van der Waals surface area contributed by atoms with Crippen molar-refractivity contribution >= 4 is 29.0 Å². The van der Waals surface area contributed by atoms with Crippen molar-refractivity contribution in [2.75, 3.05) is 5.75 Å². The average Bonchev–Trinajstić information content (AvgIpc) is 2.69. The van der Waals surface area contributed by atoms with Crippen molar-refractivity contribution in [2.24, 2.45) is 5.73 Å². The lowest BCUT2D eigenvalue weighted by atomic mass is 9.98. The van der Waals surface area contributed by atoms with Crippen LogP contribution in [0.2, 0.25) is 0 Å². The summed E-state index contributed by atoms with van der Waals surface area (Å²) in [5, 5.41) is 0. The Morgan fingerprint density at radius 3 is 2.87 bits per heavy atom. The number of nitrogens with zero attached hydrogens (tertiary/aromatic N) is 1. The van der Waals surface area contributed by atoms with Gasteiger partial charge in [0.15, 0.2) is 0 Å². The minimum absolute atomic E-state index is 0.205. The molecule has 0 bridgehead atoms. The summed E-state index contributed by atoms with van der Waals surface area (Å²) in [5.41, 5.74) is 8.06. The molecule has 80 valence electrons. The van der Waals surface area contributed by atoms with Gasteiger partial charge in [0.05, 0.1) is 10.7 Å². The highest BCUT2D eigenvalue weighted by Crippen LogP contribution is 2.46. The number of thioether (sulfide) groups is 1. The van der Waals surface area contributed by atoms with Crippen molar-refractivity contribution in [3.63, 3.8) is 0 Å². The molecule has 2 rings (SSSR count). The summed E-state index contributed by atoms with van der Waals surface area (Å²) < 4.78 is -0.205. The standard InChI is InChI=1S/C11H14N2S2/c1-8-3-4-9(13-7-8)11(10(12)14)5-2-6-15-11/h3-4,7H,2,5-6H2,1H3,(H2,12,14). The van der Waals surface area contributed by atoms with Gasteiger partial charge in [-0.3, -0.25) is 4.98 Å². The van der Waals surface area contributed by atoms with Gasteiger partial charge in [-0.05, 0) is 37.1 Å². The first kappa shape index (κ1) is 10.9. The van der Waals surface area contributed by atoms with Crippen molar-refractivity contribution in [1.82, 2.24) is 4.98 Å². The van der Waals surface area contributed by atoms with Crippen LogP contribution < -0.4 is 5.73 Å². The summed E-state index contributed by atoms with van der Waals surface area (Å²) in [6.07, 6.45) is 4.06. The normalized spacial score (nSPS) is 25.4. The van der Waals surface area contributed by atoms with Crippen LogP contribution in [0.25, 0.3) is 0 Å². The highest BCUT2D eigenvalue weighted by atomic mass is 32.2. The van der Waals surface area contributed by atoms with Crippen molar-refractivity contribution < 1.29 is 0 Å². The molecule has 0 aromatic carbocycles. The number of hydrogen-bond acceptors (Lipinski definition) is 3. The Bertz CT molecular complexity index is 367. The van der Waals surface area contributed by atoms with Crippen molar-refractivity contribution in [1.29, 1.82) is 0 Å². The SMILES string of the molecule is Cc1ccc(C2(C(N)=S)CCCS2)nc1.